The molecular weight excluding hydrogens is 350 g/mol. The van der Waals surface area contributed by atoms with Gasteiger partial charge in [-0.1, -0.05) is 41.9 Å². The van der Waals surface area contributed by atoms with E-state index < -0.39 is 5.97 Å². The molecule has 1 aliphatic heterocycles. The Balaban J connectivity index is 1.52. The topological polar surface area (TPSA) is 65.5 Å². The first-order chi connectivity index (χ1) is 12.6. The summed E-state index contributed by atoms with van der Waals surface area (Å²) in [4.78, 5) is 17.4. The van der Waals surface area contributed by atoms with Gasteiger partial charge in [-0.15, -0.1) is 0 Å². The molecule has 1 fully saturated rings. The van der Waals surface area contributed by atoms with Gasteiger partial charge in [-0.25, -0.2) is 9.78 Å². The van der Waals surface area contributed by atoms with Crippen LogP contribution in [0.15, 0.2) is 48.7 Å². The number of nitrogens with zero attached hydrogens (tertiary/aromatic N) is 2. The summed E-state index contributed by atoms with van der Waals surface area (Å²) < 4.78 is 0. The molecule has 1 aromatic carbocycles. The molecule has 0 amide bonds. The lowest BCUT2D eigenvalue weighted by Crippen LogP contribution is -2.38. The van der Waals surface area contributed by atoms with E-state index in [0.717, 1.165) is 38.6 Å². The summed E-state index contributed by atoms with van der Waals surface area (Å²) in [6.07, 6.45) is 6.24. The zero-order valence-electron chi connectivity index (χ0n) is 14.4. The van der Waals surface area contributed by atoms with E-state index in [1.807, 2.05) is 6.07 Å². The Morgan fingerprint density at radius 1 is 1.31 bits per heavy atom. The fourth-order valence-electron chi connectivity index (χ4n) is 3.09. The second-order valence-corrected chi connectivity index (χ2v) is 6.86. The summed E-state index contributed by atoms with van der Waals surface area (Å²) in [5, 5.41) is 12.6. The van der Waals surface area contributed by atoms with Crippen LogP contribution in [0, 0.1) is 0 Å². The van der Waals surface area contributed by atoms with Crippen LogP contribution in [0.2, 0.25) is 5.02 Å². The van der Waals surface area contributed by atoms with Crippen molar-refractivity contribution >= 4 is 29.5 Å². The van der Waals surface area contributed by atoms with Crippen molar-refractivity contribution in [1.82, 2.24) is 9.88 Å². The second kappa shape index (κ2) is 8.83. The molecule has 2 heterocycles. The van der Waals surface area contributed by atoms with Gasteiger partial charge < -0.3 is 10.4 Å². The highest BCUT2D eigenvalue weighted by molar-refractivity contribution is 6.33. The number of carboxylic acids is 1. The Morgan fingerprint density at radius 2 is 2.04 bits per heavy atom. The third kappa shape index (κ3) is 5.31. The maximum atomic E-state index is 10.6. The highest BCUT2D eigenvalue weighted by atomic mass is 35.5. The van der Waals surface area contributed by atoms with Gasteiger partial charge in [0.25, 0.3) is 0 Å². The summed E-state index contributed by atoms with van der Waals surface area (Å²) in [7, 11) is 0. The lowest BCUT2D eigenvalue weighted by atomic mass is 10.0. The molecule has 3 rings (SSSR count). The Bertz CT molecular complexity index is 772. The summed E-state index contributed by atoms with van der Waals surface area (Å²) >= 11 is 6.28. The molecule has 0 unspecified atom stereocenters. The summed E-state index contributed by atoms with van der Waals surface area (Å²) in [5.74, 6) is -0.341. The van der Waals surface area contributed by atoms with Crippen molar-refractivity contribution in [3.8, 4) is 0 Å². The quantitative estimate of drug-likeness (QED) is 0.754. The van der Waals surface area contributed by atoms with Gasteiger partial charge in [0, 0.05) is 37.9 Å². The first-order valence-corrected chi connectivity index (χ1v) is 9.07. The number of anilines is 1. The monoisotopic (exact) mass is 371 g/mol. The molecule has 0 saturated carbocycles. The van der Waals surface area contributed by atoms with Crippen molar-refractivity contribution in [2.45, 2.75) is 25.4 Å². The average molecular weight is 372 g/mol. The number of hydrogen-bond acceptors (Lipinski definition) is 4. The van der Waals surface area contributed by atoms with Crippen LogP contribution in [0.1, 0.15) is 24.0 Å². The number of piperidine rings is 1. The number of benzene rings is 1. The van der Waals surface area contributed by atoms with Gasteiger partial charge in [0.1, 0.15) is 5.82 Å². The van der Waals surface area contributed by atoms with Crippen LogP contribution in [-0.4, -0.2) is 40.1 Å². The van der Waals surface area contributed by atoms with E-state index in [9.17, 15) is 4.79 Å². The molecule has 0 spiro atoms. The van der Waals surface area contributed by atoms with E-state index in [-0.39, 0.29) is 0 Å². The van der Waals surface area contributed by atoms with Crippen LogP contribution in [0.4, 0.5) is 5.82 Å². The van der Waals surface area contributed by atoms with Crippen molar-refractivity contribution in [3.63, 3.8) is 0 Å². The Hall–Kier alpha value is -2.37. The molecule has 2 N–H and O–H groups in total. The van der Waals surface area contributed by atoms with Gasteiger partial charge in [0.05, 0.1) is 5.02 Å². The van der Waals surface area contributed by atoms with Gasteiger partial charge in [0.15, 0.2) is 0 Å². The number of carboxylic acid groups (broad SMARTS) is 1. The molecule has 0 aliphatic carbocycles. The van der Waals surface area contributed by atoms with Gasteiger partial charge in [0.2, 0.25) is 0 Å². The predicted octanol–water partition coefficient (Wildman–Crippen LogP) is 3.91. The summed E-state index contributed by atoms with van der Waals surface area (Å²) in [6, 6.07) is 12.6. The lowest BCUT2D eigenvalue weighted by molar-refractivity contribution is -0.131. The van der Waals surface area contributed by atoms with E-state index in [4.69, 9.17) is 16.7 Å². The third-order valence-corrected chi connectivity index (χ3v) is 4.75. The summed E-state index contributed by atoms with van der Waals surface area (Å²) in [5.41, 5.74) is 2.01. The zero-order chi connectivity index (χ0) is 18.4. The molecule has 0 radical (unpaired) electrons. The van der Waals surface area contributed by atoms with Crippen LogP contribution in [0.25, 0.3) is 6.08 Å². The average Bonchev–Trinajstić information content (AvgIpc) is 2.64. The smallest absolute Gasteiger partial charge is 0.328 e. The number of aliphatic carboxylic acids is 1. The first kappa shape index (κ1) is 18.4. The molecule has 1 saturated heterocycles. The molecule has 2 aromatic rings. The number of hydrogen-bond donors (Lipinski definition) is 2. The van der Waals surface area contributed by atoms with Crippen molar-refractivity contribution in [2.75, 3.05) is 18.4 Å². The van der Waals surface area contributed by atoms with E-state index in [1.165, 1.54) is 11.6 Å². The fourth-order valence-corrected chi connectivity index (χ4v) is 3.32. The molecule has 0 atom stereocenters. The molecule has 26 heavy (non-hydrogen) atoms. The van der Waals surface area contributed by atoms with Crippen molar-refractivity contribution in [2.24, 2.45) is 0 Å². The predicted molar refractivity (Wildman–Crippen MR) is 104 cm³/mol. The standard InChI is InChI=1S/C20H22ClN3O2/c21-18-12-16(6-7-19(25)26)13-22-20(18)23-17-8-10-24(11-9-17)14-15-4-2-1-3-5-15/h1-7,12-13,17H,8-11,14H2,(H,22,23)(H,25,26). The Morgan fingerprint density at radius 3 is 2.69 bits per heavy atom. The van der Waals surface area contributed by atoms with Gasteiger partial charge in [-0.2, -0.15) is 0 Å². The maximum Gasteiger partial charge on any atom is 0.328 e. The number of pyridine rings is 1. The second-order valence-electron chi connectivity index (χ2n) is 6.45. The van der Waals surface area contributed by atoms with Crippen LogP contribution < -0.4 is 5.32 Å². The molecule has 5 nitrogen and oxygen atoms in total. The normalized spacial score (nSPS) is 16.0. The number of aromatic nitrogens is 1. The highest BCUT2D eigenvalue weighted by Gasteiger charge is 2.20. The van der Waals surface area contributed by atoms with Crippen molar-refractivity contribution < 1.29 is 9.90 Å². The molecule has 6 heteroatoms. The number of rotatable bonds is 6. The largest absolute Gasteiger partial charge is 0.478 e. The minimum absolute atomic E-state index is 0.340. The number of likely N-dealkylation sites (tertiary alicyclic amines) is 1. The van der Waals surface area contributed by atoms with E-state index >= 15 is 0 Å². The minimum Gasteiger partial charge on any atom is -0.478 e. The lowest BCUT2D eigenvalue weighted by Gasteiger charge is -2.32. The SMILES string of the molecule is O=C(O)C=Cc1cnc(NC2CCN(Cc3ccccc3)CC2)c(Cl)c1. The van der Waals surface area contributed by atoms with E-state index in [2.05, 4.69) is 39.5 Å². The summed E-state index contributed by atoms with van der Waals surface area (Å²) in [6.45, 7) is 3.05. The number of halogens is 1. The zero-order valence-corrected chi connectivity index (χ0v) is 15.2. The van der Waals surface area contributed by atoms with Crippen LogP contribution >= 0.6 is 11.6 Å². The first-order valence-electron chi connectivity index (χ1n) is 8.69. The van der Waals surface area contributed by atoms with Crippen molar-refractivity contribution in [1.29, 1.82) is 0 Å². The minimum atomic E-state index is -0.995. The Labute approximate surface area is 158 Å². The van der Waals surface area contributed by atoms with Crippen molar-refractivity contribution in [3.05, 3.63) is 64.8 Å². The fraction of sp³-hybridized carbons (Fsp3) is 0.300. The molecule has 136 valence electrons. The van der Waals surface area contributed by atoms with Crippen LogP contribution in [-0.2, 0) is 11.3 Å². The Kier molecular flexibility index (Phi) is 6.26. The van der Waals surface area contributed by atoms with Gasteiger partial charge >= 0.3 is 5.97 Å². The van der Waals surface area contributed by atoms with Crippen LogP contribution in [0.3, 0.4) is 0 Å². The van der Waals surface area contributed by atoms with Gasteiger partial charge in [-0.3, -0.25) is 4.90 Å². The van der Waals surface area contributed by atoms with Crippen LogP contribution in [0.5, 0.6) is 0 Å². The number of nitrogens with one attached hydrogen (secondary N) is 1. The molecule has 1 aliphatic rings. The van der Waals surface area contributed by atoms with E-state index in [1.54, 1.807) is 12.3 Å². The van der Waals surface area contributed by atoms with E-state index in [0.29, 0.717) is 22.4 Å². The maximum absolute atomic E-state index is 10.6. The molecule has 0 bridgehead atoms. The number of carbonyl (C=O) groups is 1. The highest BCUT2D eigenvalue weighted by Crippen LogP contribution is 2.24. The molecule has 1 aromatic heterocycles. The third-order valence-electron chi connectivity index (χ3n) is 4.46. The van der Waals surface area contributed by atoms with Gasteiger partial charge in [-0.05, 0) is 36.1 Å². The molecular formula is C20H22ClN3O2.